The van der Waals surface area contributed by atoms with E-state index in [1.807, 2.05) is 6.92 Å². The number of amides is 1. The zero-order valence-electron chi connectivity index (χ0n) is 13.1. The highest BCUT2D eigenvalue weighted by Crippen LogP contribution is 2.22. The van der Waals surface area contributed by atoms with E-state index >= 15 is 0 Å². The molecule has 0 aliphatic heterocycles. The number of nitrogens with one attached hydrogen (secondary N) is 1. The summed E-state index contributed by atoms with van der Waals surface area (Å²) in [7, 11) is 1.70. The second kappa shape index (κ2) is 7.84. The zero-order chi connectivity index (χ0) is 15.2. The summed E-state index contributed by atoms with van der Waals surface area (Å²) < 4.78 is 7.27. The summed E-state index contributed by atoms with van der Waals surface area (Å²) in [5.74, 6) is 0.544. The van der Waals surface area contributed by atoms with Crippen LogP contribution in [0, 0.1) is 13.8 Å². The summed E-state index contributed by atoms with van der Waals surface area (Å²) in [4.78, 5) is 16.6. The largest absolute Gasteiger partial charge is 0.383 e. The monoisotopic (exact) mass is 311 g/mol. The third-order valence-corrected chi connectivity index (χ3v) is 4.97. The lowest BCUT2D eigenvalue weighted by molar-refractivity contribution is -0.119. The number of aryl methyl sites for hydroxylation is 1. The molecule has 1 aliphatic rings. The number of imidazole rings is 1. The maximum absolute atomic E-state index is 12.0. The van der Waals surface area contributed by atoms with Crippen molar-refractivity contribution in [1.82, 2.24) is 14.9 Å². The van der Waals surface area contributed by atoms with Crippen molar-refractivity contribution in [3.63, 3.8) is 0 Å². The van der Waals surface area contributed by atoms with Crippen molar-refractivity contribution >= 4 is 17.7 Å². The van der Waals surface area contributed by atoms with Crippen LogP contribution in [0.4, 0.5) is 0 Å². The number of nitrogens with zero attached hydrogens (tertiary/aromatic N) is 2. The van der Waals surface area contributed by atoms with Crippen LogP contribution >= 0.6 is 11.8 Å². The van der Waals surface area contributed by atoms with Crippen molar-refractivity contribution in [3.8, 4) is 0 Å². The molecule has 21 heavy (non-hydrogen) atoms. The lowest BCUT2D eigenvalue weighted by Crippen LogP contribution is -2.33. The number of hydrogen-bond acceptors (Lipinski definition) is 4. The quantitative estimate of drug-likeness (QED) is 0.785. The van der Waals surface area contributed by atoms with Crippen molar-refractivity contribution in [1.29, 1.82) is 0 Å². The Kier molecular flexibility index (Phi) is 6.11. The van der Waals surface area contributed by atoms with E-state index in [9.17, 15) is 4.79 Å². The van der Waals surface area contributed by atoms with Crippen molar-refractivity contribution in [2.75, 3.05) is 19.5 Å². The van der Waals surface area contributed by atoms with E-state index in [2.05, 4.69) is 21.8 Å². The SMILES string of the molecule is COCCn1c(SCC(=O)NC2CCCC2)nc(C)c1C. The smallest absolute Gasteiger partial charge is 0.230 e. The van der Waals surface area contributed by atoms with Crippen molar-refractivity contribution in [2.45, 2.75) is 57.3 Å². The summed E-state index contributed by atoms with van der Waals surface area (Å²) in [5.41, 5.74) is 2.16. The van der Waals surface area contributed by atoms with Crippen LogP contribution in [0.1, 0.15) is 37.1 Å². The van der Waals surface area contributed by atoms with Crippen LogP contribution in [0.5, 0.6) is 0 Å². The van der Waals surface area contributed by atoms with Gasteiger partial charge in [-0.05, 0) is 26.7 Å². The second-order valence-corrected chi connectivity index (χ2v) is 6.49. The Balaban J connectivity index is 1.89. The molecule has 1 aromatic rings. The lowest BCUT2D eigenvalue weighted by atomic mass is 10.2. The third-order valence-electron chi connectivity index (χ3n) is 3.99. The van der Waals surface area contributed by atoms with E-state index in [-0.39, 0.29) is 5.91 Å². The summed E-state index contributed by atoms with van der Waals surface area (Å²) >= 11 is 1.51. The van der Waals surface area contributed by atoms with Gasteiger partial charge in [0.15, 0.2) is 5.16 Å². The first-order valence-corrected chi connectivity index (χ1v) is 8.55. The molecule has 1 amide bonds. The maximum Gasteiger partial charge on any atom is 0.230 e. The van der Waals surface area contributed by atoms with Crippen LogP contribution in [0.25, 0.3) is 0 Å². The molecule has 1 saturated carbocycles. The fourth-order valence-electron chi connectivity index (χ4n) is 2.65. The van der Waals surface area contributed by atoms with Gasteiger partial charge in [0.05, 0.1) is 18.1 Å². The number of ether oxygens (including phenoxy) is 1. The number of aromatic nitrogens is 2. The van der Waals surface area contributed by atoms with Crippen molar-refractivity contribution in [2.24, 2.45) is 0 Å². The van der Waals surface area contributed by atoms with E-state index in [0.717, 1.165) is 35.9 Å². The molecule has 0 aromatic carbocycles. The fraction of sp³-hybridized carbons (Fsp3) is 0.733. The van der Waals surface area contributed by atoms with E-state index < -0.39 is 0 Å². The van der Waals surface area contributed by atoms with E-state index in [1.54, 1.807) is 7.11 Å². The van der Waals surface area contributed by atoms with Crippen molar-refractivity contribution in [3.05, 3.63) is 11.4 Å². The number of hydrogen-bond donors (Lipinski definition) is 1. The standard InChI is InChI=1S/C15H25N3O2S/c1-11-12(2)18(8-9-20-3)15(16-11)21-10-14(19)17-13-6-4-5-7-13/h13H,4-10H2,1-3H3,(H,17,19). The van der Waals surface area contributed by atoms with Gasteiger partial charge in [-0.3, -0.25) is 4.79 Å². The van der Waals surface area contributed by atoms with Gasteiger partial charge < -0.3 is 14.6 Å². The van der Waals surface area contributed by atoms with Gasteiger partial charge >= 0.3 is 0 Å². The van der Waals surface area contributed by atoms with Crippen LogP contribution in [0.15, 0.2) is 5.16 Å². The third kappa shape index (κ3) is 4.48. The molecule has 1 N–H and O–H groups in total. The number of carbonyl (C=O) groups excluding carboxylic acids is 1. The van der Waals surface area contributed by atoms with Crippen LogP contribution in [0.2, 0.25) is 0 Å². The predicted molar refractivity (Wildman–Crippen MR) is 84.7 cm³/mol. The second-order valence-electron chi connectivity index (χ2n) is 5.55. The first-order valence-electron chi connectivity index (χ1n) is 7.56. The average molecular weight is 311 g/mol. The first kappa shape index (κ1) is 16.4. The normalized spacial score (nSPS) is 15.6. The van der Waals surface area contributed by atoms with Gasteiger partial charge in [-0.25, -0.2) is 4.98 Å². The molecule has 0 radical (unpaired) electrons. The molecule has 0 unspecified atom stereocenters. The summed E-state index contributed by atoms with van der Waals surface area (Å²) in [6.45, 7) is 5.48. The predicted octanol–water partition coefficient (Wildman–Crippen LogP) is 2.30. The van der Waals surface area contributed by atoms with Crippen LogP contribution < -0.4 is 5.32 Å². The summed E-state index contributed by atoms with van der Waals surface area (Å²) in [5, 5.41) is 4.02. The van der Waals surface area contributed by atoms with Gasteiger partial charge in [0.2, 0.25) is 5.91 Å². The molecule has 1 heterocycles. The van der Waals surface area contributed by atoms with Gasteiger partial charge in [0.1, 0.15) is 0 Å². The molecular weight excluding hydrogens is 286 g/mol. The summed E-state index contributed by atoms with van der Waals surface area (Å²) in [6.07, 6.45) is 4.71. The number of thioether (sulfide) groups is 1. The Labute approximate surface area is 130 Å². The zero-order valence-corrected chi connectivity index (χ0v) is 14.0. The van der Waals surface area contributed by atoms with E-state index in [4.69, 9.17) is 4.74 Å². The van der Waals surface area contributed by atoms with Gasteiger partial charge in [0.25, 0.3) is 0 Å². The molecule has 5 nitrogen and oxygen atoms in total. The Bertz CT molecular complexity index is 482. The molecule has 1 fully saturated rings. The highest BCUT2D eigenvalue weighted by Gasteiger charge is 2.18. The minimum Gasteiger partial charge on any atom is -0.383 e. The van der Waals surface area contributed by atoms with Gasteiger partial charge in [0, 0.05) is 25.4 Å². The topological polar surface area (TPSA) is 56.1 Å². The molecule has 1 aromatic heterocycles. The molecular formula is C15H25N3O2S. The van der Waals surface area contributed by atoms with Crippen LogP contribution in [-0.2, 0) is 16.1 Å². The lowest BCUT2D eigenvalue weighted by Gasteiger charge is -2.12. The molecule has 0 atom stereocenters. The Morgan fingerprint density at radius 2 is 2.14 bits per heavy atom. The van der Waals surface area contributed by atoms with E-state index in [0.29, 0.717) is 18.4 Å². The summed E-state index contributed by atoms with van der Waals surface area (Å²) in [6, 6.07) is 0.384. The van der Waals surface area contributed by atoms with Gasteiger partial charge in [-0.2, -0.15) is 0 Å². The number of rotatable bonds is 7. The minimum atomic E-state index is 0.114. The molecule has 6 heteroatoms. The molecule has 118 valence electrons. The number of methoxy groups -OCH3 is 1. The Morgan fingerprint density at radius 3 is 2.81 bits per heavy atom. The van der Waals surface area contributed by atoms with Crippen molar-refractivity contribution < 1.29 is 9.53 Å². The van der Waals surface area contributed by atoms with Gasteiger partial charge in [-0.15, -0.1) is 0 Å². The van der Waals surface area contributed by atoms with Crippen LogP contribution in [-0.4, -0.2) is 41.0 Å². The molecule has 0 saturated heterocycles. The Morgan fingerprint density at radius 1 is 1.43 bits per heavy atom. The number of carbonyl (C=O) groups is 1. The molecule has 0 bridgehead atoms. The maximum atomic E-state index is 12.0. The first-order chi connectivity index (χ1) is 10.1. The van der Waals surface area contributed by atoms with E-state index in [1.165, 1.54) is 24.6 Å². The highest BCUT2D eigenvalue weighted by molar-refractivity contribution is 7.99. The molecule has 2 rings (SSSR count). The average Bonchev–Trinajstić information content (AvgIpc) is 3.05. The van der Waals surface area contributed by atoms with Crippen LogP contribution in [0.3, 0.4) is 0 Å². The molecule has 1 aliphatic carbocycles. The minimum absolute atomic E-state index is 0.114. The highest BCUT2D eigenvalue weighted by atomic mass is 32.2. The fourth-order valence-corrected chi connectivity index (χ4v) is 3.58. The van der Waals surface area contributed by atoms with Gasteiger partial charge in [-0.1, -0.05) is 24.6 Å². The Hall–Kier alpha value is -1.01. The molecule has 0 spiro atoms.